The molecular weight excluding hydrogens is 214 g/mol. The van der Waals surface area contributed by atoms with Gasteiger partial charge in [-0.05, 0) is 18.6 Å². The van der Waals surface area contributed by atoms with E-state index >= 15 is 0 Å². The number of hydrogen-bond donors (Lipinski definition) is 1. The van der Waals surface area contributed by atoms with Crippen LogP contribution in [0.2, 0.25) is 0 Å². The van der Waals surface area contributed by atoms with Crippen molar-refractivity contribution in [1.29, 1.82) is 0 Å². The molecule has 0 spiro atoms. The molecular formula is C10H17NO3S. The van der Waals surface area contributed by atoms with E-state index in [-0.39, 0.29) is 17.6 Å². The fourth-order valence-corrected chi connectivity index (χ4v) is 1.64. The highest BCUT2D eigenvalue weighted by Gasteiger charge is 2.03. The van der Waals surface area contributed by atoms with Gasteiger partial charge in [-0.3, -0.25) is 9.59 Å². The summed E-state index contributed by atoms with van der Waals surface area (Å²) in [4.78, 5) is 32.0. The topological polar surface area (TPSA) is 63.2 Å². The maximum absolute atomic E-state index is 11.1. The molecule has 1 amide bonds. The van der Waals surface area contributed by atoms with Crippen LogP contribution in [0.15, 0.2) is 0 Å². The number of hydrogen-bond acceptors (Lipinski definition) is 4. The summed E-state index contributed by atoms with van der Waals surface area (Å²) in [6.45, 7) is 2.01. The summed E-state index contributed by atoms with van der Waals surface area (Å²) >= 11 is 1.32. The number of amides is 1. The van der Waals surface area contributed by atoms with Gasteiger partial charge in [-0.1, -0.05) is 18.7 Å². The lowest BCUT2D eigenvalue weighted by Crippen LogP contribution is -2.24. The third-order valence-electron chi connectivity index (χ3n) is 1.72. The van der Waals surface area contributed by atoms with Crippen molar-refractivity contribution in [3.63, 3.8) is 0 Å². The van der Waals surface area contributed by atoms with E-state index in [4.69, 9.17) is 0 Å². The molecule has 0 aromatic heterocycles. The highest BCUT2D eigenvalue weighted by Crippen LogP contribution is 2.09. The van der Waals surface area contributed by atoms with Crippen molar-refractivity contribution in [3.05, 3.63) is 0 Å². The summed E-state index contributed by atoms with van der Waals surface area (Å²) in [7, 11) is 0. The van der Waals surface area contributed by atoms with Crippen LogP contribution in [0.3, 0.4) is 0 Å². The van der Waals surface area contributed by atoms with Crippen LogP contribution in [0.25, 0.3) is 0 Å². The molecule has 0 aromatic rings. The molecule has 0 unspecified atom stereocenters. The standard InChI is InChI=1S/C10H17NO3S/c1-2-15-10(14)6-4-3-5-9(13)11-7-8-12/h8H,2-7H2,1H3,(H,11,13). The maximum Gasteiger partial charge on any atom is 0.220 e. The van der Waals surface area contributed by atoms with E-state index < -0.39 is 0 Å². The van der Waals surface area contributed by atoms with Crippen molar-refractivity contribution < 1.29 is 14.4 Å². The minimum atomic E-state index is -0.127. The van der Waals surface area contributed by atoms with Gasteiger partial charge in [0.05, 0.1) is 6.54 Å². The Morgan fingerprint density at radius 1 is 1.27 bits per heavy atom. The third kappa shape index (κ3) is 9.46. The Morgan fingerprint density at radius 2 is 1.93 bits per heavy atom. The molecule has 86 valence electrons. The lowest BCUT2D eigenvalue weighted by Gasteiger charge is -2.01. The van der Waals surface area contributed by atoms with Gasteiger partial charge in [-0.15, -0.1) is 0 Å². The van der Waals surface area contributed by atoms with Crippen LogP contribution in [0.5, 0.6) is 0 Å². The van der Waals surface area contributed by atoms with Crippen LogP contribution >= 0.6 is 11.8 Å². The van der Waals surface area contributed by atoms with Gasteiger partial charge in [0.25, 0.3) is 0 Å². The number of rotatable bonds is 8. The monoisotopic (exact) mass is 231 g/mol. The van der Waals surface area contributed by atoms with Crippen LogP contribution in [0, 0.1) is 0 Å². The maximum atomic E-state index is 11.1. The van der Waals surface area contributed by atoms with Crippen LogP contribution < -0.4 is 5.32 Å². The third-order valence-corrected chi connectivity index (χ3v) is 2.54. The zero-order valence-corrected chi connectivity index (χ0v) is 9.77. The zero-order chi connectivity index (χ0) is 11.5. The number of carbonyl (C=O) groups is 3. The van der Waals surface area contributed by atoms with Crippen LogP contribution in [0.1, 0.15) is 32.6 Å². The Bertz CT molecular complexity index is 219. The van der Waals surface area contributed by atoms with Crippen molar-refractivity contribution in [1.82, 2.24) is 5.32 Å². The van der Waals surface area contributed by atoms with Crippen molar-refractivity contribution in [2.24, 2.45) is 0 Å². The van der Waals surface area contributed by atoms with E-state index in [0.717, 1.165) is 12.2 Å². The van der Waals surface area contributed by atoms with Gasteiger partial charge in [0.15, 0.2) is 5.12 Å². The van der Waals surface area contributed by atoms with Crippen molar-refractivity contribution in [2.75, 3.05) is 12.3 Å². The molecule has 0 aliphatic rings. The zero-order valence-electron chi connectivity index (χ0n) is 8.95. The first-order chi connectivity index (χ1) is 7.20. The summed E-state index contributed by atoms with van der Waals surface area (Å²) in [5.74, 6) is 0.677. The van der Waals surface area contributed by atoms with E-state index in [1.807, 2.05) is 6.92 Å². The van der Waals surface area contributed by atoms with Gasteiger partial charge < -0.3 is 10.1 Å². The van der Waals surface area contributed by atoms with Crippen molar-refractivity contribution in [2.45, 2.75) is 32.6 Å². The normalized spacial score (nSPS) is 9.67. The lowest BCUT2D eigenvalue weighted by atomic mass is 10.2. The summed E-state index contributed by atoms with van der Waals surface area (Å²) in [6.07, 6.45) is 3.00. The van der Waals surface area contributed by atoms with E-state index in [9.17, 15) is 14.4 Å². The Morgan fingerprint density at radius 3 is 2.53 bits per heavy atom. The molecule has 0 bridgehead atoms. The average Bonchev–Trinajstić information content (AvgIpc) is 2.22. The number of aldehydes is 1. The molecule has 1 N–H and O–H groups in total. The van der Waals surface area contributed by atoms with Gasteiger partial charge in [0.1, 0.15) is 6.29 Å². The van der Waals surface area contributed by atoms with Gasteiger partial charge in [-0.2, -0.15) is 0 Å². The van der Waals surface area contributed by atoms with E-state index in [0.29, 0.717) is 25.5 Å². The second-order valence-corrected chi connectivity index (χ2v) is 4.30. The number of thioether (sulfide) groups is 1. The average molecular weight is 231 g/mol. The Kier molecular flexibility index (Phi) is 9.16. The second kappa shape index (κ2) is 9.71. The van der Waals surface area contributed by atoms with Gasteiger partial charge in [0.2, 0.25) is 5.91 Å². The summed E-state index contributed by atoms with van der Waals surface area (Å²) in [6, 6.07) is 0. The van der Waals surface area contributed by atoms with E-state index in [1.54, 1.807) is 0 Å². The summed E-state index contributed by atoms with van der Waals surface area (Å²) < 4.78 is 0. The number of nitrogens with one attached hydrogen (secondary N) is 1. The molecule has 0 heterocycles. The van der Waals surface area contributed by atoms with Crippen molar-refractivity contribution >= 4 is 29.1 Å². The van der Waals surface area contributed by atoms with Crippen molar-refractivity contribution in [3.8, 4) is 0 Å². The van der Waals surface area contributed by atoms with Crippen LogP contribution in [-0.4, -0.2) is 29.6 Å². The first-order valence-corrected chi connectivity index (χ1v) is 6.05. The smallest absolute Gasteiger partial charge is 0.220 e. The minimum absolute atomic E-state index is 0.0729. The minimum Gasteiger partial charge on any atom is -0.349 e. The predicted octanol–water partition coefficient (Wildman–Crippen LogP) is 1.14. The van der Waals surface area contributed by atoms with E-state index in [2.05, 4.69) is 5.32 Å². The van der Waals surface area contributed by atoms with Crippen LogP contribution in [0.4, 0.5) is 0 Å². The SMILES string of the molecule is CCSC(=O)CCCCC(=O)NCC=O. The molecule has 15 heavy (non-hydrogen) atoms. The van der Waals surface area contributed by atoms with E-state index in [1.165, 1.54) is 11.8 Å². The molecule has 0 rings (SSSR count). The first kappa shape index (κ1) is 14.2. The van der Waals surface area contributed by atoms with Gasteiger partial charge >= 0.3 is 0 Å². The molecule has 0 fully saturated rings. The molecule has 0 aliphatic heterocycles. The molecule has 0 atom stereocenters. The molecule has 5 heteroatoms. The molecule has 4 nitrogen and oxygen atoms in total. The molecule has 0 aromatic carbocycles. The fourth-order valence-electron chi connectivity index (χ4n) is 1.03. The largest absolute Gasteiger partial charge is 0.349 e. The first-order valence-electron chi connectivity index (χ1n) is 5.06. The fraction of sp³-hybridized carbons (Fsp3) is 0.700. The summed E-state index contributed by atoms with van der Waals surface area (Å²) in [5.41, 5.74) is 0. The molecule has 0 saturated heterocycles. The highest BCUT2D eigenvalue weighted by atomic mass is 32.2. The molecule has 0 aliphatic carbocycles. The second-order valence-electron chi connectivity index (χ2n) is 2.98. The number of carbonyl (C=O) groups excluding carboxylic acids is 3. The lowest BCUT2D eigenvalue weighted by molar-refractivity contribution is -0.122. The Balaban J connectivity index is 3.33. The highest BCUT2D eigenvalue weighted by molar-refractivity contribution is 8.13. The Hall–Kier alpha value is -0.840. The Labute approximate surface area is 94.2 Å². The molecule has 0 radical (unpaired) electrons. The van der Waals surface area contributed by atoms with Gasteiger partial charge in [0, 0.05) is 12.8 Å². The quantitative estimate of drug-likeness (QED) is 0.502. The van der Waals surface area contributed by atoms with Gasteiger partial charge in [-0.25, -0.2) is 0 Å². The number of unbranched alkanes of at least 4 members (excludes halogenated alkanes) is 1. The summed E-state index contributed by atoms with van der Waals surface area (Å²) in [5, 5.41) is 2.63. The molecule has 0 saturated carbocycles. The predicted molar refractivity (Wildman–Crippen MR) is 60.7 cm³/mol. The van der Waals surface area contributed by atoms with Crippen LogP contribution in [-0.2, 0) is 14.4 Å².